The van der Waals surface area contributed by atoms with Crippen LogP contribution in [0.2, 0.25) is 0 Å². The molecule has 102 valence electrons. The monoisotopic (exact) mass is 250 g/mol. The molecule has 0 aromatic carbocycles. The molecule has 0 spiro atoms. The van der Waals surface area contributed by atoms with Crippen LogP contribution < -0.4 is 0 Å². The molecular weight excluding hydrogens is 224 g/mol. The third kappa shape index (κ3) is 2.70. The molecule has 0 saturated heterocycles. The summed E-state index contributed by atoms with van der Waals surface area (Å²) in [5.74, 6) is 0.798. The van der Waals surface area contributed by atoms with Crippen molar-refractivity contribution >= 4 is 0 Å². The summed E-state index contributed by atoms with van der Waals surface area (Å²) in [6.45, 7) is 4.80. The summed E-state index contributed by atoms with van der Waals surface area (Å²) in [6.07, 6.45) is 8.78. The molecule has 0 saturated carbocycles. The van der Waals surface area contributed by atoms with Gasteiger partial charge in [-0.05, 0) is 62.5 Å². The van der Waals surface area contributed by atoms with Gasteiger partial charge in [0.2, 0.25) is 0 Å². The van der Waals surface area contributed by atoms with Gasteiger partial charge in [-0.2, -0.15) is 0 Å². The van der Waals surface area contributed by atoms with Crippen molar-refractivity contribution in [3.63, 3.8) is 0 Å². The number of hydrogen-bond acceptors (Lipinski definition) is 2. The van der Waals surface area contributed by atoms with Crippen LogP contribution >= 0.6 is 0 Å². The summed E-state index contributed by atoms with van der Waals surface area (Å²) in [5.41, 5.74) is 4.34. The fourth-order valence-electron chi connectivity index (χ4n) is 3.20. The standard InChI is InChI=1S/C16H26O2/c1-12-3-4-13(2)15(9-12)14-5-7-16(10-17,11-18)8-6-14/h5,12,17-18H,3-4,6-11H2,1-2H3. The lowest BCUT2D eigenvalue weighted by molar-refractivity contribution is 0.0460. The Kier molecular flexibility index (Phi) is 4.29. The molecule has 2 N–H and O–H groups in total. The molecule has 0 fully saturated rings. The lowest BCUT2D eigenvalue weighted by atomic mass is 9.72. The number of aliphatic hydroxyl groups excluding tert-OH is 2. The topological polar surface area (TPSA) is 40.5 Å². The van der Waals surface area contributed by atoms with Crippen molar-refractivity contribution < 1.29 is 10.2 Å². The minimum Gasteiger partial charge on any atom is -0.396 e. The molecule has 0 radical (unpaired) electrons. The van der Waals surface area contributed by atoms with Crippen LogP contribution in [-0.4, -0.2) is 23.4 Å². The molecule has 2 rings (SSSR count). The van der Waals surface area contributed by atoms with E-state index in [1.54, 1.807) is 11.1 Å². The van der Waals surface area contributed by atoms with E-state index in [1.807, 2.05) is 0 Å². The van der Waals surface area contributed by atoms with Gasteiger partial charge in [-0.3, -0.25) is 0 Å². The Labute approximate surface area is 110 Å². The van der Waals surface area contributed by atoms with Gasteiger partial charge in [0.25, 0.3) is 0 Å². The van der Waals surface area contributed by atoms with E-state index in [0.29, 0.717) is 0 Å². The summed E-state index contributed by atoms with van der Waals surface area (Å²) >= 11 is 0. The van der Waals surface area contributed by atoms with E-state index in [0.717, 1.165) is 25.2 Å². The van der Waals surface area contributed by atoms with Crippen molar-refractivity contribution in [2.45, 2.75) is 52.4 Å². The third-order valence-electron chi connectivity index (χ3n) is 4.84. The lowest BCUT2D eigenvalue weighted by Crippen LogP contribution is -2.31. The zero-order valence-corrected chi connectivity index (χ0v) is 11.7. The first-order chi connectivity index (χ1) is 8.60. The van der Waals surface area contributed by atoms with Gasteiger partial charge in [0, 0.05) is 5.41 Å². The maximum atomic E-state index is 9.43. The van der Waals surface area contributed by atoms with E-state index in [1.165, 1.54) is 24.8 Å². The second-order valence-electron chi connectivity index (χ2n) is 6.36. The van der Waals surface area contributed by atoms with Crippen LogP contribution in [0.1, 0.15) is 52.4 Å². The first kappa shape index (κ1) is 13.8. The smallest absolute Gasteiger partial charge is 0.0512 e. The van der Waals surface area contributed by atoms with Crippen molar-refractivity contribution in [1.29, 1.82) is 0 Å². The van der Waals surface area contributed by atoms with Crippen molar-refractivity contribution in [2.24, 2.45) is 11.3 Å². The van der Waals surface area contributed by atoms with E-state index < -0.39 is 0 Å². The Morgan fingerprint density at radius 3 is 2.56 bits per heavy atom. The fourth-order valence-corrected chi connectivity index (χ4v) is 3.20. The molecule has 0 aromatic heterocycles. The number of allylic oxidation sites excluding steroid dienone is 4. The molecule has 2 nitrogen and oxygen atoms in total. The summed E-state index contributed by atoms with van der Waals surface area (Å²) in [5, 5.41) is 18.9. The number of aliphatic hydroxyl groups is 2. The Hall–Kier alpha value is -0.600. The molecule has 0 heterocycles. The summed E-state index contributed by atoms with van der Waals surface area (Å²) in [4.78, 5) is 0. The highest BCUT2D eigenvalue weighted by molar-refractivity contribution is 5.38. The van der Waals surface area contributed by atoms with Gasteiger partial charge < -0.3 is 10.2 Å². The van der Waals surface area contributed by atoms with Gasteiger partial charge in [-0.25, -0.2) is 0 Å². The average molecular weight is 250 g/mol. The van der Waals surface area contributed by atoms with Crippen LogP contribution in [0.15, 0.2) is 22.8 Å². The van der Waals surface area contributed by atoms with Crippen LogP contribution in [0.25, 0.3) is 0 Å². The van der Waals surface area contributed by atoms with Crippen LogP contribution in [-0.2, 0) is 0 Å². The Bertz CT molecular complexity index is 361. The molecule has 2 aliphatic rings. The van der Waals surface area contributed by atoms with Gasteiger partial charge in [0.1, 0.15) is 0 Å². The molecule has 1 unspecified atom stereocenters. The summed E-state index contributed by atoms with van der Waals surface area (Å²) < 4.78 is 0. The van der Waals surface area contributed by atoms with Gasteiger partial charge >= 0.3 is 0 Å². The molecule has 0 bridgehead atoms. The number of rotatable bonds is 3. The van der Waals surface area contributed by atoms with E-state index >= 15 is 0 Å². The van der Waals surface area contributed by atoms with E-state index in [4.69, 9.17) is 0 Å². The Morgan fingerprint density at radius 1 is 1.28 bits per heavy atom. The van der Waals surface area contributed by atoms with E-state index in [9.17, 15) is 10.2 Å². The molecule has 1 atom stereocenters. The minimum atomic E-state index is -0.266. The first-order valence-corrected chi connectivity index (χ1v) is 7.20. The van der Waals surface area contributed by atoms with Crippen molar-refractivity contribution in [3.05, 3.63) is 22.8 Å². The summed E-state index contributed by atoms with van der Waals surface area (Å²) in [6, 6.07) is 0. The molecule has 0 aromatic rings. The van der Waals surface area contributed by atoms with Crippen molar-refractivity contribution in [1.82, 2.24) is 0 Å². The van der Waals surface area contributed by atoms with Gasteiger partial charge in [0.05, 0.1) is 13.2 Å². The second kappa shape index (κ2) is 5.58. The van der Waals surface area contributed by atoms with Crippen LogP contribution in [0.5, 0.6) is 0 Å². The quantitative estimate of drug-likeness (QED) is 0.807. The molecule has 0 amide bonds. The number of hydrogen-bond donors (Lipinski definition) is 2. The minimum absolute atomic E-state index is 0.0989. The zero-order chi connectivity index (χ0) is 13.2. The molecule has 18 heavy (non-hydrogen) atoms. The van der Waals surface area contributed by atoms with Crippen LogP contribution in [0.3, 0.4) is 0 Å². The maximum Gasteiger partial charge on any atom is 0.0512 e. The van der Waals surface area contributed by atoms with Gasteiger partial charge in [-0.1, -0.05) is 18.6 Å². The van der Waals surface area contributed by atoms with Crippen LogP contribution in [0.4, 0.5) is 0 Å². The highest BCUT2D eigenvalue weighted by Gasteiger charge is 2.32. The van der Waals surface area contributed by atoms with Crippen molar-refractivity contribution in [2.75, 3.05) is 13.2 Å². The molecule has 0 aliphatic heterocycles. The summed E-state index contributed by atoms with van der Waals surface area (Å²) in [7, 11) is 0. The average Bonchev–Trinajstić information content (AvgIpc) is 2.42. The second-order valence-corrected chi connectivity index (χ2v) is 6.36. The SMILES string of the molecule is CC1=C(C2=CCC(CO)(CO)CC2)CC(C)CC1. The molecule has 2 aliphatic carbocycles. The Morgan fingerprint density at radius 2 is 2.00 bits per heavy atom. The third-order valence-corrected chi connectivity index (χ3v) is 4.84. The largest absolute Gasteiger partial charge is 0.396 e. The Balaban J connectivity index is 2.14. The van der Waals surface area contributed by atoms with Crippen molar-refractivity contribution in [3.8, 4) is 0 Å². The highest BCUT2D eigenvalue weighted by Crippen LogP contribution is 2.41. The molecule has 2 heteroatoms. The van der Waals surface area contributed by atoms with E-state index in [2.05, 4.69) is 19.9 Å². The highest BCUT2D eigenvalue weighted by atomic mass is 16.3. The van der Waals surface area contributed by atoms with Crippen LogP contribution in [0, 0.1) is 11.3 Å². The van der Waals surface area contributed by atoms with Gasteiger partial charge in [0.15, 0.2) is 0 Å². The van der Waals surface area contributed by atoms with E-state index in [-0.39, 0.29) is 18.6 Å². The fraction of sp³-hybridized carbons (Fsp3) is 0.750. The predicted molar refractivity (Wildman–Crippen MR) is 74.3 cm³/mol. The van der Waals surface area contributed by atoms with Gasteiger partial charge in [-0.15, -0.1) is 0 Å². The first-order valence-electron chi connectivity index (χ1n) is 7.20. The normalized spacial score (nSPS) is 28.2. The lowest BCUT2D eigenvalue weighted by Gasteiger charge is -2.35. The molecular formula is C16H26O2. The zero-order valence-electron chi connectivity index (χ0n) is 11.7. The maximum absolute atomic E-state index is 9.43. The predicted octanol–water partition coefficient (Wildman–Crippen LogP) is 3.20.